The Morgan fingerprint density at radius 1 is 1.50 bits per heavy atom. The van der Waals surface area contributed by atoms with Crippen LogP contribution < -0.4 is 5.56 Å². The van der Waals surface area contributed by atoms with Crippen LogP contribution in [0.25, 0.3) is 10.9 Å². The molecule has 0 saturated carbocycles. The summed E-state index contributed by atoms with van der Waals surface area (Å²) in [7, 11) is 0. The Morgan fingerprint density at radius 3 is 3.06 bits per heavy atom. The van der Waals surface area contributed by atoms with Crippen molar-refractivity contribution in [1.82, 2.24) is 15.0 Å². The first-order valence-corrected chi connectivity index (χ1v) is 5.79. The van der Waals surface area contributed by atoms with E-state index in [1.165, 1.54) is 4.68 Å². The summed E-state index contributed by atoms with van der Waals surface area (Å²) in [6, 6.07) is 4.91. The minimum absolute atomic E-state index is 0.208. The molecule has 0 aliphatic rings. The predicted molar refractivity (Wildman–Crippen MR) is 70.6 cm³/mol. The Bertz CT molecular complexity index is 656. The molecule has 1 heterocycles. The maximum absolute atomic E-state index is 11.9. The molecule has 16 heavy (non-hydrogen) atoms. The van der Waals surface area contributed by atoms with E-state index in [0.717, 1.165) is 0 Å². The van der Waals surface area contributed by atoms with Gasteiger partial charge >= 0.3 is 0 Å². The van der Waals surface area contributed by atoms with E-state index >= 15 is 0 Å². The van der Waals surface area contributed by atoms with Crippen LogP contribution in [0.15, 0.2) is 23.0 Å². The van der Waals surface area contributed by atoms with E-state index in [1.807, 2.05) is 22.6 Å². The molecule has 1 aromatic carbocycles. The summed E-state index contributed by atoms with van der Waals surface area (Å²) < 4.78 is 3.90. The molecule has 2 rings (SSSR count). The van der Waals surface area contributed by atoms with Crippen molar-refractivity contribution in [2.24, 2.45) is 0 Å². The Labute approximate surface area is 110 Å². The van der Waals surface area contributed by atoms with Gasteiger partial charge in [-0.2, -0.15) is 4.68 Å². The molecular formula is C10H5ClIN3O. The number of hydrogen-bond acceptors (Lipinski definition) is 3. The van der Waals surface area contributed by atoms with E-state index in [2.05, 4.69) is 20.2 Å². The lowest BCUT2D eigenvalue weighted by molar-refractivity contribution is 0.620. The fraction of sp³-hybridized carbons (Fsp3) is 0.100. The van der Waals surface area contributed by atoms with Gasteiger partial charge < -0.3 is 0 Å². The highest BCUT2D eigenvalue weighted by molar-refractivity contribution is 14.1. The molecule has 0 fully saturated rings. The highest BCUT2D eigenvalue weighted by Crippen LogP contribution is 2.13. The lowest BCUT2D eigenvalue weighted by Gasteiger charge is -2.00. The molecule has 0 atom stereocenters. The molecule has 4 nitrogen and oxygen atoms in total. The van der Waals surface area contributed by atoms with Gasteiger partial charge in [0.25, 0.3) is 5.56 Å². The molecule has 6 heteroatoms. The van der Waals surface area contributed by atoms with Crippen LogP contribution in [0.2, 0.25) is 5.02 Å². The number of hydrogen-bond donors (Lipinski definition) is 0. The third-order valence-corrected chi connectivity index (χ3v) is 2.60. The number of benzene rings is 1. The maximum atomic E-state index is 11.9. The SMILES string of the molecule is O=c1c2ccc(Cl)cc2nnn1CC#CI. The van der Waals surface area contributed by atoms with Gasteiger partial charge in [0.05, 0.1) is 5.39 Å². The minimum Gasteiger partial charge on any atom is -0.267 e. The van der Waals surface area contributed by atoms with Gasteiger partial charge in [-0.3, -0.25) is 4.79 Å². The predicted octanol–water partition coefficient (Wildman–Crippen LogP) is 1.84. The first kappa shape index (κ1) is 11.4. The van der Waals surface area contributed by atoms with Gasteiger partial charge in [0.1, 0.15) is 12.1 Å². The molecule has 0 saturated heterocycles. The van der Waals surface area contributed by atoms with Gasteiger partial charge in [0.15, 0.2) is 0 Å². The van der Waals surface area contributed by atoms with Crippen LogP contribution in [-0.2, 0) is 6.54 Å². The summed E-state index contributed by atoms with van der Waals surface area (Å²) in [5.41, 5.74) is 0.289. The van der Waals surface area contributed by atoms with Crippen molar-refractivity contribution < 1.29 is 0 Å². The zero-order chi connectivity index (χ0) is 11.5. The third-order valence-electron chi connectivity index (χ3n) is 1.98. The van der Waals surface area contributed by atoms with Crippen LogP contribution >= 0.6 is 34.2 Å². The Morgan fingerprint density at radius 2 is 2.31 bits per heavy atom. The summed E-state index contributed by atoms with van der Waals surface area (Å²) in [6.07, 6.45) is 0. The van der Waals surface area contributed by atoms with E-state index in [9.17, 15) is 4.79 Å². The molecular weight excluding hydrogens is 340 g/mol. The number of fused-ring (bicyclic) bond motifs is 1. The smallest absolute Gasteiger partial charge is 0.267 e. The molecule has 0 bridgehead atoms. The molecule has 0 N–H and O–H groups in total. The Hall–Kier alpha value is -1.13. The van der Waals surface area contributed by atoms with Gasteiger partial charge in [-0.25, -0.2) is 0 Å². The molecule has 0 aliphatic heterocycles. The van der Waals surface area contributed by atoms with E-state index in [1.54, 1.807) is 18.2 Å². The second-order valence-electron chi connectivity index (χ2n) is 2.98. The van der Waals surface area contributed by atoms with E-state index in [-0.39, 0.29) is 12.1 Å². The summed E-state index contributed by atoms with van der Waals surface area (Å²) in [6.45, 7) is 0.243. The number of halogens is 2. The first-order chi connectivity index (χ1) is 7.72. The Kier molecular flexibility index (Phi) is 3.41. The second-order valence-corrected chi connectivity index (χ2v) is 3.96. The first-order valence-electron chi connectivity index (χ1n) is 4.34. The van der Waals surface area contributed by atoms with Crippen molar-refractivity contribution in [3.8, 4) is 9.85 Å². The van der Waals surface area contributed by atoms with Crippen LogP contribution in [-0.4, -0.2) is 15.0 Å². The minimum atomic E-state index is -0.208. The fourth-order valence-electron chi connectivity index (χ4n) is 1.26. The number of aromatic nitrogens is 3. The van der Waals surface area contributed by atoms with Crippen LogP contribution in [0.4, 0.5) is 0 Å². The van der Waals surface area contributed by atoms with Gasteiger partial charge in [-0.05, 0) is 22.1 Å². The van der Waals surface area contributed by atoms with Gasteiger partial charge in [-0.15, -0.1) is 5.10 Å². The lowest BCUT2D eigenvalue weighted by atomic mass is 10.2. The monoisotopic (exact) mass is 345 g/mol. The summed E-state index contributed by atoms with van der Waals surface area (Å²) >= 11 is 7.70. The summed E-state index contributed by atoms with van der Waals surface area (Å²) in [5, 5.41) is 8.72. The molecule has 2 aromatic rings. The van der Waals surface area contributed by atoms with Crippen molar-refractivity contribution in [2.45, 2.75) is 6.54 Å². The number of rotatable bonds is 1. The van der Waals surface area contributed by atoms with Crippen molar-refractivity contribution >= 4 is 45.1 Å². The molecule has 0 aliphatic carbocycles. The quantitative estimate of drug-likeness (QED) is 0.585. The van der Waals surface area contributed by atoms with Crippen LogP contribution in [0.3, 0.4) is 0 Å². The van der Waals surface area contributed by atoms with Crippen molar-refractivity contribution in [1.29, 1.82) is 0 Å². The molecule has 0 radical (unpaired) electrons. The van der Waals surface area contributed by atoms with Gasteiger partial charge in [-0.1, -0.05) is 22.7 Å². The molecule has 1 aromatic heterocycles. The fourth-order valence-corrected chi connectivity index (χ4v) is 1.60. The Balaban J connectivity index is 2.64. The van der Waals surface area contributed by atoms with Gasteiger partial charge in [0.2, 0.25) is 0 Å². The van der Waals surface area contributed by atoms with E-state index in [4.69, 9.17) is 11.6 Å². The molecule has 0 unspecified atom stereocenters. The van der Waals surface area contributed by atoms with Crippen LogP contribution in [0, 0.1) is 9.85 Å². The third kappa shape index (κ3) is 2.18. The van der Waals surface area contributed by atoms with Crippen molar-refractivity contribution in [2.75, 3.05) is 0 Å². The zero-order valence-electron chi connectivity index (χ0n) is 7.94. The van der Waals surface area contributed by atoms with E-state index in [0.29, 0.717) is 15.9 Å². The second kappa shape index (κ2) is 4.80. The molecule has 0 amide bonds. The highest BCUT2D eigenvalue weighted by atomic mass is 127. The normalized spacial score (nSPS) is 9.88. The average Bonchev–Trinajstić information content (AvgIpc) is 2.28. The van der Waals surface area contributed by atoms with Crippen LogP contribution in [0.1, 0.15) is 0 Å². The van der Waals surface area contributed by atoms with Gasteiger partial charge in [0, 0.05) is 27.6 Å². The summed E-state index contributed by atoms with van der Waals surface area (Å²) in [4.78, 5) is 11.9. The largest absolute Gasteiger partial charge is 0.278 e. The lowest BCUT2D eigenvalue weighted by Crippen LogP contribution is -2.23. The highest BCUT2D eigenvalue weighted by Gasteiger charge is 2.04. The maximum Gasteiger partial charge on any atom is 0.278 e. The van der Waals surface area contributed by atoms with E-state index < -0.39 is 0 Å². The molecule has 80 valence electrons. The number of nitrogens with zero attached hydrogens (tertiary/aromatic N) is 3. The zero-order valence-corrected chi connectivity index (χ0v) is 10.9. The molecule has 0 spiro atoms. The average molecular weight is 346 g/mol. The topological polar surface area (TPSA) is 47.8 Å². The standard InChI is InChI=1S/C10H5ClIN3O/c11-7-2-3-8-9(6-7)13-14-15(10(8)16)5-1-4-12/h2-3,6H,5H2. The van der Waals surface area contributed by atoms with Crippen molar-refractivity contribution in [3.05, 3.63) is 33.6 Å². The summed E-state index contributed by atoms with van der Waals surface area (Å²) in [5.74, 6) is 2.75. The van der Waals surface area contributed by atoms with Crippen LogP contribution in [0.5, 0.6) is 0 Å². The van der Waals surface area contributed by atoms with Crippen molar-refractivity contribution in [3.63, 3.8) is 0 Å².